The number of nitrogens with one attached hydrogen (secondary N) is 1. The normalized spacial score (nSPS) is 18.0. The van der Waals surface area contributed by atoms with E-state index in [1.165, 1.54) is 5.56 Å². The second-order valence-corrected chi connectivity index (χ2v) is 7.08. The van der Waals surface area contributed by atoms with E-state index < -0.39 is 0 Å². The molecule has 0 bridgehead atoms. The molecule has 25 heavy (non-hydrogen) atoms. The number of amides is 1. The fraction of sp³-hybridized carbons (Fsp3) is 0.381. The van der Waals surface area contributed by atoms with E-state index in [0.717, 1.165) is 29.9 Å². The van der Waals surface area contributed by atoms with Gasteiger partial charge in [0.1, 0.15) is 17.1 Å². The van der Waals surface area contributed by atoms with Gasteiger partial charge in [0, 0.05) is 18.4 Å². The zero-order valence-electron chi connectivity index (χ0n) is 15.0. The third-order valence-corrected chi connectivity index (χ3v) is 4.49. The van der Waals surface area contributed by atoms with Gasteiger partial charge in [0.05, 0.1) is 13.2 Å². The number of hydrogen-bond donors (Lipinski definition) is 1. The fourth-order valence-electron chi connectivity index (χ4n) is 3.26. The van der Waals surface area contributed by atoms with Crippen LogP contribution in [-0.2, 0) is 11.2 Å². The molecule has 1 amide bonds. The minimum absolute atomic E-state index is 0.0559. The molecule has 1 heterocycles. The lowest BCUT2D eigenvalue weighted by atomic mass is 9.89. The van der Waals surface area contributed by atoms with Crippen molar-refractivity contribution in [1.29, 1.82) is 0 Å². The molecule has 1 N–H and O–H groups in total. The summed E-state index contributed by atoms with van der Waals surface area (Å²) in [6.45, 7) is 4.09. The minimum Gasteiger partial charge on any atom is -0.497 e. The monoisotopic (exact) mass is 339 g/mol. The first-order chi connectivity index (χ1) is 12.0. The first kappa shape index (κ1) is 17.3. The zero-order valence-corrected chi connectivity index (χ0v) is 15.0. The third kappa shape index (κ3) is 4.32. The molecule has 132 valence electrons. The summed E-state index contributed by atoms with van der Waals surface area (Å²) in [5, 5.41) is 3.18. The molecule has 0 unspecified atom stereocenters. The lowest BCUT2D eigenvalue weighted by molar-refractivity contribution is -0.122. The van der Waals surface area contributed by atoms with E-state index in [1.54, 1.807) is 7.11 Å². The highest BCUT2D eigenvalue weighted by Crippen LogP contribution is 2.41. The Labute approximate surface area is 149 Å². The maximum atomic E-state index is 12.5. The number of benzene rings is 2. The largest absolute Gasteiger partial charge is 0.497 e. The van der Waals surface area contributed by atoms with Crippen molar-refractivity contribution in [2.45, 2.75) is 44.8 Å². The second-order valence-electron chi connectivity index (χ2n) is 7.08. The molecule has 0 saturated heterocycles. The fourth-order valence-corrected chi connectivity index (χ4v) is 3.26. The number of hydrogen-bond acceptors (Lipinski definition) is 3. The van der Waals surface area contributed by atoms with Crippen molar-refractivity contribution in [3.05, 3.63) is 59.7 Å². The van der Waals surface area contributed by atoms with Gasteiger partial charge in [-0.25, -0.2) is 0 Å². The topological polar surface area (TPSA) is 47.6 Å². The molecule has 1 atom stereocenters. The van der Waals surface area contributed by atoms with Crippen LogP contribution in [0.15, 0.2) is 48.5 Å². The highest BCUT2D eigenvalue weighted by molar-refractivity contribution is 5.77. The van der Waals surface area contributed by atoms with Crippen LogP contribution in [0.5, 0.6) is 11.5 Å². The summed E-state index contributed by atoms with van der Waals surface area (Å²) in [4.78, 5) is 12.5. The number of carbonyl (C=O) groups excluding carboxylic acids is 1. The number of carbonyl (C=O) groups is 1. The molecule has 4 heteroatoms. The molecule has 0 fully saturated rings. The number of ether oxygens (including phenoxy) is 2. The van der Waals surface area contributed by atoms with Gasteiger partial charge in [-0.2, -0.15) is 0 Å². The van der Waals surface area contributed by atoms with Crippen molar-refractivity contribution in [1.82, 2.24) is 5.32 Å². The molecule has 0 saturated carbocycles. The first-order valence-electron chi connectivity index (χ1n) is 8.67. The van der Waals surface area contributed by atoms with Crippen LogP contribution in [0.1, 0.15) is 43.9 Å². The van der Waals surface area contributed by atoms with Crippen LogP contribution in [0.4, 0.5) is 0 Å². The van der Waals surface area contributed by atoms with Crippen molar-refractivity contribution in [2.75, 3.05) is 7.11 Å². The average molecular weight is 339 g/mol. The van der Waals surface area contributed by atoms with E-state index in [4.69, 9.17) is 9.47 Å². The van der Waals surface area contributed by atoms with Crippen LogP contribution in [-0.4, -0.2) is 18.6 Å². The lowest BCUT2D eigenvalue weighted by Crippen LogP contribution is -2.41. The molecule has 0 spiro atoms. The number of fused-ring (bicyclic) bond motifs is 1. The van der Waals surface area contributed by atoms with Gasteiger partial charge in [-0.1, -0.05) is 30.3 Å². The van der Waals surface area contributed by atoms with Crippen LogP contribution < -0.4 is 14.8 Å². The third-order valence-electron chi connectivity index (χ3n) is 4.49. The van der Waals surface area contributed by atoms with E-state index in [1.807, 2.05) is 62.4 Å². The standard InChI is InChI=1S/C21H25NO3/c1-21(2)14-18(17-13-16(24-3)10-11-19(17)25-21)22-20(23)12-9-15-7-5-4-6-8-15/h4-8,10-11,13,18H,9,12,14H2,1-3H3,(H,22,23)/t18-/m1/s1. The Balaban J connectivity index is 1.71. The highest BCUT2D eigenvalue weighted by Gasteiger charge is 2.34. The van der Waals surface area contributed by atoms with Gasteiger partial charge < -0.3 is 14.8 Å². The van der Waals surface area contributed by atoms with Gasteiger partial charge >= 0.3 is 0 Å². The average Bonchev–Trinajstić information content (AvgIpc) is 2.60. The molecule has 2 aromatic carbocycles. The number of methoxy groups -OCH3 is 1. The zero-order chi connectivity index (χ0) is 17.9. The summed E-state index contributed by atoms with van der Waals surface area (Å²) in [6, 6.07) is 15.7. The summed E-state index contributed by atoms with van der Waals surface area (Å²) in [5.74, 6) is 1.64. The predicted octanol–water partition coefficient (Wildman–Crippen LogP) is 4.05. The molecular weight excluding hydrogens is 314 g/mol. The molecule has 2 aromatic rings. The van der Waals surface area contributed by atoms with E-state index in [9.17, 15) is 4.79 Å². The molecule has 0 aliphatic carbocycles. The summed E-state index contributed by atoms with van der Waals surface area (Å²) in [6.07, 6.45) is 1.94. The van der Waals surface area contributed by atoms with E-state index in [-0.39, 0.29) is 17.6 Å². The summed E-state index contributed by atoms with van der Waals surface area (Å²) < 4.78 is 11.4. The Hall–Kier alpha value is -2.49. The molecule has 1 aliphatic rings. The molecular formula is C21H25NO3. The summed E-state index contributed by atoms with van der Waals surface area (Å²) >= 11 is 0. The Morgan fingerprint density at radius 2 is 2.00 bits per heavy atom. The Morgan fingerprint density at radius 3 is 2.72 bits per heavy atom. The van der Waals surface area contributed by atoms with Crippen LogP contribution in [0, 0.1) is 0 Å². The smallest absolute Gasteiger partial charge is 0.220 e. The van der Waals surface area contributed by atoms with Crippen LogP contribution in [0.2, 0.25) is 0 Å². The summed E-state index contributed by atoms with van der Waals surface area (Å²) in [7, 11) is 1.64. The molecule has 1 aliphatic heterocycles. The highest BCUT2D eigenvalue weighted by atomic mass is 16.5. The lowest BCUT2D eigenvalue weighted by Gasteiger charge is -2.38. The minimum atomic E-state index is -0.320. The Kier molecular flexibility index (Phi) is 4.98. The first-order valence-corrected chi connectivity index (χ1v) is 8.67. The van der Waals surface area contributed by atoms with Crippen molar-refractivity contribution < 1.29 is 14.3 Å². The van der Waals surface area contributed by atoms with Gasteiger partial charge in [0.25, 0.3) is 0 Å². The number of aryl methyl sites for hydroxylation is 1. The van der Waals surface area contributed by atoms with Gasteiger partial charge in [-0.05, 0) is 44.0 Å². The van der Waals surface area contributed by atoms with Gasteiger partial charge in [0.15, 0.2) is 0 Å². The molecule has 0 aromatic heterocycles. The van der Waals surface area contributed by atoms with Crippen molar-refractivity contribution in [2.24, 2.45) is 0 Å². The van der Waals surface area contributed by atoms with Crippen LogP contribution in [0.3, 0.4) is 0 Å². The van der Waals surface area contributed by atoms with E-state index >= 15 is 0 Å². The maximum absolute atomic E-state index is 12.5. The van der Waals surface area contributed by atoms with E-state index in [0.29, 0.717) is 6.42 Å². The molecule has 4 nitrogen and oxygen atoms in total. The van der Waals surface area contributed by atoms with Crippen molar-refractivity contribution in [3.8, 4) is 11.5 Å². The predicted molar refractivity (Wildman–Crippen MR) is 98.0 cm³/mol. The SMILES string of the molecule is COc1ccc2c(c1)[C@H](NC(=O)CCc1ccccc1)CC(C)(C)O2. The Morgan fingerprint density at radius 1 is 1.24 bits per heavy atom. The quantitative estimate of drug-likeness (QED) is 0.894. The second kappa shape index (κ2) is 7.18. The van der Waals surface area contributed by atoms with Crippen LogP contribution in [0.25, 0.3) is 0 Å². The summed E-state index contributed by atoms with van der Waals surface area (Å²) in [5.41, 5.74) is 1.83. The van der Waals surface area contributed by atoms with Gasteiger partial charge in [0.2, 0.25) is 5.91 Å². The van der Waals surface area contributed by atoms with Crippen LogP contribution >= 0.6 is 0 Å². The Bertz CT molecular complexity index is 740. The number of rotatable bonds is 5. The molecule has 0 radical (unpaired) electrons. The van der Waals surface area contributed by atoms with Crippen molar-refractivity contribution in [3.63, 3.8) is 0 Å². The van der Waals surface area contributed by atoms with E-state index in [2.05, 4.69) is 5.32 Å². The van der Waals surface area contributed by atoms with Gasteiger partial charge in [-0.15, -0.1) is 0 Å². The van der Waals surface area contributed by atoms with Crippen molar-refractivity contribution >= 4 is 5.91 Å². The van der Waals surface area contributed by atoms with Gasteiger partial charge in [-0.3, -0.25) is 4.79 Å². The maximum Gasteiger partial charge on any atom is 0.220 e. The molecule has 3 rings (SSSR count).